The Kier molecular flexibility index (Phi) is 4.57. The maximum Gasteiger partial charge on any atom is 0.225 e. The molecular weight excluding hydrogens is 252 g/mol. The zero-order valence-electron chi connectivity index (χ0n) is 12.8. The molecule has 0 radical (unpaired) electrons. The summed E-state index contributed by atoms with van der Waals surface area (Å²) < 4.78 is 0. The van der Waals surface area contributed by atoms with E-state index in [1.165, 1.54) is 0 Å². The number of hydrogen-bond acceptors (Lipinski definition) is 4. The average molecular weight is 276 g/mol. The summed E-state index contributed by atoms with van der Waals surface area (Å²) in [6, 6.07) is 2.20. The van der Waals surface area contributed by atoms with E-state index in [-0.39, 0.29) is 17.9 Å². The van der Waals surface area contributed by atoms with Gasteiger partial charge in [-0.25, -0.2) is 9.97 Å². The van der Waals surface area contributed by atoms with Crippen LogP contribution >= 0.6 is 0 Å². The van der Waals surface area contributed by atoms with E-state index < -0.39 is 0 Å². The summed E-state index contributed by atoms with van der Waals surface area (Å²) in [5, 5.41) is 3.37. The van der Waals surface area contributed by atoms with Crippen molar-refractivity contribution in [3.05, 3.63) is 17.5 Å². The minimum Gasteiger partial charge on any atom is -0.350 e. The third-order valence-corrected chi connectivity index (χ3v) is 3.54. The molecule has 1 unspecified atom stereocenters. The molecule has 0 aliphatic carbocycles. The molecule has 2 heterocycles. The van der Waals surface area contributed by atoms with Crippen LogP contribution in [0.5, 0.6) is 0 Å². The molecule has 1 aliphatic heterocycles. The molecule has 5 nitrogen and oxygen atoms in total. The summed E-state index contributed by atoms with van der Waals surface area (Å²) in [5.74, 6) is 0.968. The van der Waals surface area contributed by atoms with Crippen LogP contribution in [0.1, 0.15) is 38.1 Å². The number of carbonyl (C=O) groups excluding carboxylic acids is 1. The molecule has 110 valence electrons. The number of rotatable bonds is 3. The van der Waals surface area contributed by atoms with E-state index in [1.807, 2.05) is 38.7 Å². The van der Waals surface area contributed by atoms with Crippen molar-refractivity contribution in [1.82, 2.24) is 14.9 Å². The fourth-order valence-electron chi connectivity index (χ4n) is 2.63. The summed E-state index contributed by atoms with van der Waals surface area (Å²) in [7, 11) is 0. The number of aryl methyl sites for hydroxylation is 2. The topological polar surface area (TPSA) is 58.1 Å². The normalized spacial score (nSPS) is 19.2. The predicted octanol–water partition coefficient (Wildman–Crippen LogP) is 2.15. The number of hydrogen-bond donors (Lipinski definition) is 1. The first kappa shape index (κ1) is 14.8. The van der Waals surface area contributed by atoms with Crippen molar-refractivity contribution in [3.8, 4) is 0 Å². The third kappa shape index (κ3) is 3.68. The Morgan fingerprint density at radius 1 is 1.35 bits per heavy atom. The number of nitrogens with zero attached hydrogens (tertiary/aromatic N) is 3. The molecule has 1 aromatic rings. The molecule has 1 atom stereocenters. The Morgan fingerprint density at radius 3 is 2.60 bits per heavy atom. The number of anilines is 1. The Labute approximate surface area is 120 Å². The van der Waals surface area contributed by atoms with Gasteiger partial charge in [0, 0.05) is 36.4 Å². The maximum atomic E-state index is 12.1. The van der Waals surface area contributed by atoms with Crippen molar-refractivity contribution in [2.24, 2.45) is 5.92 Å². The Morgan fingerprint density at radius 2 is 2.00 bits per heavy atom. The molecule has 5 heteroatoms. The minimum atomic E-state index is 0.0613. The van der Waals surface area contributed by atoms with Crippen LogP contribution in [0, 0.1) is 19.8 Å². The fourth-order valence-corrected chi connectivity index (χ4v) is 2.63. The summed E-state index contributed by atoms with van der Waals surface area (Å²) in [6.45, 7) is 9.44. The van der Waals surface area contributed by atoms with E-state index >= 15 is 0 Å². The molecule has 1 saturated heterocycles. The predicted molar refractivity (Wildman–Crippen MR) is 79.6 cm³/mol. The first-order chi connectivity index (χ1) is 9.45. The molecule has 0 bridgehead atoms. The minimum absolute atomic E-state index is 0.0613. The van der Waals surface area contributed by atoms with Gasteiger partial charge in [0.05, 0.1) is 0 Å². The van der Waals surface area contributed by atoms with Crippen LogP contribution in [0.4, 0.5) is 5.95 Å². The Balaban J connectivity index is 2.00. The molecular formula is C15H24N4O. The van der Waals surface area contributed by atoms with Gasteiger partial charge in [-0.15, -0.1) is 0 Å². The van der Waals surface area contributed by atoms with Gasteiger partial charge in [0.2, 0.25) is 11.9 Å². The largest absolute Gasteiger partial charge is 0.350 e. The number of nitrogens with one attached hydrogen (secondary N) is 1. The van der Waals surface area contributed by atoms with E-state index in [1.54, 1.807) is 0 Å². The highest BCUT2D eigenvalue weighted by Gasteiger charge is 2.25. The fraction of sp³-hybridized carbons (Fsp3) is 0.667. The van der Waals surface area contributed by atoms with Crippen molar-refractivity contribution in [3.63, 3.8) is 0 Å². The quantitative estimate of drug-likeness (QED) is 0.919. The first-order valence-electron chi connectivity index (χ1n) is 7.33. The van der Waals surface area contributed by atoms with Gasteiger partial charge in [-0.05, 0) is 32.8 Å². The van der Waals surface area contributed by atoms with Crippen LogP contribution in [0.25, 0.3) is 0 Å². The smallest absolute Gasteiger partial charge is 0.225 e. The highest BCUT2D eigenvalue weighted by Crippen LogP contribution is 2.16. The van der Waals surface area contributed by atoms with Gasteiger partial charge >= 0.3 is 0 Å². The number of likely N-dealkylation sites (tertiary alicyclic amines) is 1. The maximum absolute atomic E-state index is 12.1. The Hall–Kier alpha value is -1.65. The summed E-state index contributed by atoms with van der Waals surface area (Å²) in [5.41, 5.74) is 1.93. The van der Waals surface area contributed by atoms with E-state index in [0.29, 0.717) is 5.95 Å². The van der Waals surface area contributed by atoms with Crippen molar-refractivity contribution >= 4 is 11.9 Å². The van der Waals surface area contributed by atoms with E-state index in [9.17, 15) is 4.79 Å². The zero-order chi connectivity index (χ0) is 14.7. The second kappa shape index (κ2) is 6.20. The SMILES string of the molecule is Cc1cc(C)nc(NC2CCCN(C(=O)C(C)C)C2)n1. The van der Waals surface area contributed by atoms with Gasteiger partial charge in [-0.1, -0.05) is 13.8 Å². The lowest BCUT2D eigenvalue weighted by molar-refractivity contribution is -0.135. The summed E-state index contributed by atoms with van der Waals surface area (Å²) in [4.78, 5) is 22.8. The molecule has 20 heavy (non-hydrogen) atoms. The molecule has 0 saturated carbocycles. The Bertz CT molecular complexity index is 467. The van der Waals surface area contributed by atoms with E-state index in [2.05, 4.69) is 15.3 Å². The second-order valence-electron chi connectivity index (χ2n) is 5.90. The van der Waals surface area contributed by atoms with Crippen molar-refractivity contribution in [2.75, 3.05) is 18.4 Å². The lowest BCUT2D eigenvalue weighted by atomic mass is 10.0. The zero-order valence-corrected chi connectivity index (χ0v) is 12.8. The van der Waals surface area contributed by atoms with Crippen molar-refractivity contribution < 1.29 is 4.79 Å². The van der Waals surface area contributed by atoms with Gasteiger partial charge in [0.1, 0.15) is 0 Å². The molecule has 0 spiro atoms. The van der Waals surface area contributed by atoms with E-state index in [4.69, 9.17) is 0 Å². The lowest BCUT2D eigenvalue weighted by Gasteiger charge is -2.34. The van der Waals surface area contributed by atoms with Crippen LogP contribution in [0.15, 0.2) is 6.07 Å². The monoisotopic (exact) mass is 276 g/mol. The van der Waals surface area contributed by atoms with Gasteiger partial charge in [-0.2, -0.15) is 0 Å². The number of amides is 1. The second-order valence-corrected chi connectivity index (χ2v) is 5.90. The lowest BCUT2D eigenvalue weighted by Crippen LogP contribution is -2.46. The number of aromatic nitrogens is 2. The molecule has 1 fully saturated rings. The molecule has 2 rings (SSSR count). The van der Waals surface area contributed by atoms with Crippen molar-refractivity contribution in [2.45, 2.75) is 46.6 Å². The molecule has 1 aromatic heterocycles. The third-order valence-electron chi connectivity index (χ3n) is 3.54. The molecule has 1 N–H and O–H groups in total. The van der Waals surface area contributed by atoms with Crippen LogP contribution in [-0.4, -0.2) is 39.9 Å². The van der Waals surface area contributed by atoms with E-state index in [0.717, 1.165) is 37.3 Å². The summed E-state index contributed by atoms with van der Waals surface area (Å²) >= 11 is 0. The van der Waals surface area contributed by atoms with Gasteiger partial charge in [0.15, 0.2) is 0 Å². The standard InChI is InChI=1S/C15H24N4O/c1-10(2)14(20)19-7-5-6-13(9-19)18-15-16-11(3)8-12(4)17-15/h8,10,13H,5-7,9H2,1-4H3,(H,16,17,18). The number of carbonyl (C=O) groups is 1. The van der Waals surface area contributed by atoms with Crippen LogP contribution in [0.2, 0.25) is 0 Å². The molecule has 1 amide bonds. The van der Waals surface area contributed by atoms with Crippen LogP contribution in [-0.2, 0) is 4.79 Å². The summed E-state index contributed by atoms with van der Waals surface area (Å²) in [6.07, 6.45) is 2.08. The molecule has 1 aliphatic rings. The van der Waals surface area contributed by atoms with Crippen LogP contribution in [0.3, 0.4) is 0 Å². The first-order valence-corrected chi connectivity index (χ1v) is 7.33. The molecule has 0 aromatic carbocycles. The number of piperidine rings is 1. The average Bonchev–Trinajstić information content (AvgIpc) is 2.36. The van der Waals surface area contributed by atoms with Crippen molar-refractivity contribution in [1.29, 1.82) is 0 Å². The van der Waals surface area contributed by atoms with Gasteiger partial charge < -0.3 is 10.2 Å². The highest BCUT2D eigenvalue weighted by molar-refractivity contribution is 5.78. The van der Waals surface area contributed by atoms with Gasteiger partial charge in [-0.3, -0.25) is 4.79 Å². The van der Waals surface area contributed by atoms with Gasteiger partial charge in [0.25, 0.3) is 0 Å². The van der Waals surface area contributed by atoms with Crippen LogP contribution < -0.4 is 5.32 Å². The highest BCUT2D eigenvalue weighted by atomic mass is 16.2.